The van der Waals surface area contributed by atoms with Crippen molar-refractivity contribution in [3.8, 4) is 11.5 Å². The molecule has 1 atom stereocenters. The van der Waals surface area contributed by atoms with Crippen LogP contribution < -0.4 is 25.4 Å². The highest BCUT2D eigenvalue weighted by Gasteiger charge is 2.18. The lowest BCUT2D eigenvalue weighted by Gasteiger charge is -2.19. The van der Waals surface area contributed by atoms with Crippen LogP contribution in [0, 0.1) is 0 Å². The molecule has 0 aromatic heterocycles. The number of anilines is 1. The summed E-state index contributed by atoms with van der Waals surface area (Å²) in [5.41, 5.74) is 0.535. The molecule has 3 amide bonds. The molecule has 0 bridgehead atoms. The van der Waals surface area contributed by atoms with Crippen molar-refractivity contribution in [1.82, 2.24) is 5.32 Å². The molecule has 1 saturated heterocycles. The smallest absolute Gasteiger partial charge is 0.326 e. The minimum Gasteiger partial charge on any atom is -0.486 e. The van der Waals surface area contributed by atoms with Crippen molar-refractivity contribution in [2.45, 2.75) is 18.9 Å². The molecule has 3 rings (SSSR count). The summed E-state index contributed by atoms with van der Waals surface area (Å²) >= 11 is 0. The van der Waals surface area contributed by atoms with Crippen LogP contribution in [0.5, 0.6) is 11.5 Å². The summed E-state index contributed by atoms with van der Waals surface area (Å²) in [5, 5.41) is 6.76. The van der Waals surface area contributed by atoms with Gasteiger partial charge in [-0.1, -0.05) is 0 Å². The van der Waals surface area contributed by atoms with E-state index in [0.29, 0.717) is 30.4 Å². The number of ether oxygens (including phenoxy) is 3. The highest BCUT2D eigenvalue weighted by molar-refractivity contribution is 6.01. The van der Waals surface area contributed by atoms with Crippen LogP contribution in [0.2, 0.25) is 0 Å². The molecule has 4 N–H and O–H groups in total. The predicted molar refractivity (Wildman–Crippen MR) is 85.2 cm³/mol. The monoisotopic (exact) mass is 336 g/mol. The minimum atomic E-state index is -0.567. The first kappa shape index (κ1) is 16.5. The van der Waals surface area contributed by atoms with Crippen LogP contribution in [0.25, 0.3) is 0 Å². The number of hydrogen-bond acceptors (Lipinski definition) is 5. The zero-order chi connectivity index (χ0) is 16.8. The number of nitrogens with two attached hydrogens (primary N) is 1. The van der Waals surface area contributed by atoms with Crippen LogP contribution in [0.15, 0.2) is 18.2 Å². The highest BCUT2D eigenvalue weighted by Crippen LogP contribution is 2.32. The normalized spacial score (nSPS) is 18.9. The second kappa shape index (κ2) is 7.98. The number of hydrogen-bond donors (Lipinski definition) is 3. The molecule has 2 aliphatic heterocycles. The summed E-state index contributed by atoms with van der Waals surface area (Å²) in [4.78, 5) is 23.6. The fraction of sp³-hybridized carbons (Fsp3) is 0.500. The van der Waals surface area contributed by atoms with Gasteiger partial charge in [-0.2, -0.15) is 0 Å². The summed E-state index contributed by atoms with van der Waals surface area (Å²) in [6, 6.07) is 4.52. The lowest BCUT2D eigenvalue weighted by atomic mass is 10.2. The first-order valence-corrected chi connectivity index (χ1v) is 8.14. The van der Waals surface area contributed by atoms with Gasteiger partial charge in [0.1, 0.15) is 25.9 Å². The van der Waals surface area contributed by atoms with E-state index in [0.717, 1.165) is 26.0 Å². The quantitative estimate of drug-likeness (QED) is 0.694. The number of rotatable bonds is 5. The van der Waals surface area contributed by atoms with E-state index in [1.165, 1.54) is 0 Å². The molecule has 2 aliphatic rings. The Kier molecular flexibility index (Phi) is 5.50. The van der Waals surface area contributed by atoms with Gasteiger partial charge in [0.05, 0.1) is 0 Å². The summed E-state index contributed by atoms with van der Waals surface area (Å²) in [7, 11) is 0. The molecule has 1 aromatic carbocycles. The van der Waals surface area contributed by atoms with E-state index in [1.54, 1.807) is 18.2 Å². The Labute approximate surface area is 139 Å². The average Bonchev–Trinajstić information content (AvgIpc) is 3.08. The second-order valence-electron chi connectivity index (χ2n) is 5.72. The summed E-state index contributed by atoms with van der Waals surface area (Å²) in [6.07, 6.45) is 2.31. The lowest BCUT2D eigenvalue weighted by Crippen LogP contribution is -2.88. The number of imide groups is 1. The average molecular weight is 336 g/mol. The zero-order valence-corrected chi connectivity index (χ0v) is 13.4. The number of benzene rings is 1. The fourth-order valence-electron chi connectivity index (χ4n) is 2.69. The Hall–Kier alpha value is -2.32. The van der Waals surface area contributed by atoms with Crippen molar-refractivity contribution in [3.63, 3.8) is 0 Å². The Morgan fingerprint density at radius 1 is 1.17 bits per heavy atom. The molecule has 8 nitrogen and oxygen atoms in total. The van der Waals surface area contributed by atoms with Crippen molar-refractivity contribution in [2.75, 3.05) is 38.2 Å². The molecule has 24 heavy (non-hydrogen) atoms. The molecule has 0 radical (unpaired) electrons. The topological polar surface area (TPSA) is 102 Å². The van der Waals surface area contributed by atoms with E-state index in [2.05, 4.69) is 10.6 Å². The first-order valence-electron chi connectivity index (χ1n) is 8.14. The van der Waals surface area contributed by atoms with Crippen LogP contribution in [0.3, 0.4) is 0 Å². The van der Waals surface area contributed by atoms with E-state index < -0.39 is 6.03 Å². The van der Waals surface area contributed by atoms with Gasteiger partial charge in [0.15, 0.2) is 18.0 Å². The molecular weight excluding hydrogens is 314 g/mol. The van der Waals surface area contributed by atoms with Crippen LogP contribution in [-0.2, 0) is 9.53 Å². The molecule has 1 fully saturated rings. The van der Waals surface area contributed by atoms with Crippen molar-refractivity contribution < 1.29 is 29.1 Å². The van der Waals surface area contributed by atoms with Crippen molar-refractivity contribution in [2.24, 2.45) is 0 Å². The molecule has 0 saturated carbocycles. The van der Waals surface area contributed by atoms with Gasteiger partial charge < -0.3 is 24.8 Å². The van der Waals surface area contributed by atoms with Crippen molar-refractivity contribution in [3.05, 3.63) is 18.2 Å². The maximum atomic E-state index is 11.9. The third-order valence-corrected chi connectivity index (χ3v) is 3.84. The Morgan fingerprint density at radius 3 is 2.79 bits per heavy atom. The van der Waals surface area contributed by atoms with Crippen LogP contribution in [0.1, 0.15) is 12.8 Å². The van der Waals surface area contributed by atoms with Crippen molar-refractivity contribution >= 4 is 17.6 Å². The maximum Gasteiger partial charge on any atom is 0.326 e. The molecule has 0 aliphatic carbocycles. The van der Waals surface area contributed by atoms with E-state index >= 15 is 0 Å². The number of carbonyl (C=O) groups excluding carboxylic acids is 2. The van der Waals surface area contributed by atoms with Crippen LogP contribution in [-0.4, -0.2) is 51.0 Å². The van der Waals surface area contributed by atoms with Crippen LogP contribution in [0.4, 0.5) is 10.5 Å². The third-order valence-electron chi connectivity index (χ3n) is 3.84. The molecule has 8 heteroatoms. The number of urea groups is 1. The SMILES string of the molecule is O=C(C[NH2+]C[C@H]1CCCO1)NC(=O)Nc1ccc2c(c1)OCCO2. The van der Waals surface area contributed by atoms with E-state index in [-0.39, 0.29) is 18.6 Å². The predicted octanol–water partition coefficient (Wildman–Crippen LogP) is -0.152. The van der Waals surface area contributed by atoms with E-state index in [4.69, 9.17) is 14.2 Å². The Morgan fingerprint density at radius 2 is 2.00 bits per heavy atom. The molecular formula is C16H22N3O5+. The van der Waals surface area contributed by atoms with E-state index in [9.17, 15) is 9.59 Å². The number of fused-ring (bicyclic) bond motifs is 1. The lowest BCUT2D eigenvalue weighted by molar-refractivity contribution is -0.650. The maximum absolute atomic E-state index is 11.9. The fourth-order valence-corrected chi connectivity index (χ4v) is 2.69. The largest absolute Gasteiger partial charge is 0.486 e. The first-order chi connectivity index (χ1) is 11.7. The number of quaternary nitrogens is 1. The van der Waals surface area contributed by atoms with Gasteiger partial charge in [0.2, 0.25) is 0 Å². The Bertz CT molecular complexity index is 601. The van der Waals surface area contributed by atoms with Gasteiger partial charge in [-0.05, 0) is 25.0 Å². The zero-order valence-electron chi connectivity index (χ0n) is 13.4. The minimum absolute atomic E-state index is 0.189. The Balaban J connectivity index is 1.40. The van der Waals surface area contributed by atoms with E-state index in [1.807, 2.05) is 5.32 Å². The highest BCUT2D eigenvalue weighted by atomic mass is 16.6. The molecule has 1 aromatic rings. The van der Waals surface area contributed by atoms with Gasteiger partial charge in [-0.25, -0.2) is 4.79 Å². The summed E-state index contributed by atoms with van der Waals surface area (Å²) in [5.74, 6) is 0.880. The number of carbonyl (C=O) groups is 2. The second-order valence-corrected chi connectivity index (χ2v) is 5.72. The molecule has 0 unspecified atom stereocenters. The molecule has 130 valence electrons. The van der Waals surface area contributed by atoms with Crippen LogP contribution >= 0.6 is 0 Å². The summed E-state index contributed by atoms with van der Waals surface area (Å²) in [6.45, 7) is 2.70. The van der Waals surface area contributed by atoms with Crippen molar-refractivity contribution in [1.29, 1.82) is 0 Å². The number of nitrogens with one attached hydrogen (secondary N) is 2. The molecule has 2 heterocycles. The summed E-state index contributed by atoms with van der Waals surface area (Å²) < 4.78 is 16.3. The standard InChI is InChI=1S/C16H21N3O5/c20-15(10-17-9-12-2-1-5-22-12)19-16(21)18-11-3-4-13-14(8-11)24-7-6-23-13/h3-4,8,12,17H,1-2,5-7,9-10H2,(H2,18,19,20,21)/p+1/t12-/m1/s1. The number of amides is 3. The third kappa shape index (κ3) is 4.59. The van der Waals surface area contributed by atoms with Gasteiger partial charge >= 0.3 is 6.03 Å². The van der Waals surface area contributed by atoms with Gasteiger partial charge in [-0.15, -0.1) is 0 Å². The molecule has 0 spiro atoms. The van der Waals surface area contributed by atoms with Gasteiger partial charge in [0.25, 0.3) is 5.91 Å². The van der Waals surface area contributed by atoms with Gasteiger partial charge in [-0.3, -0.25) is 10.1 Å². The van der Waals surface area contributed by atoms with Gasteiger partial charge in [0, 0.05) is 18.4 Å².